The van der Waals surface area contributed by atoms with E-state index < -0.39 is 38.2 Å². The van der Waals surface area contributed by atoms with Gasteiger partial charge >= 0.3 is 12.1 Å². The first-order valence-corrected chi connectivity index (χ1v) is 8.81. The Morgan fingerprint density at radius 3 is 2.17 bits per heavy atom. The van der Waals surface area contributed by atoms with Crippen molar-refractivity contribution in [3.63, 3.8) is 0 Å². The number of carboxylic acids is 1. The lowest BCUT2D eigenvalue weighted by Gasteiger charge is -2.34. The summed E-state index contributed by atoms with van der Waals surface area (Å²) in [7, 11) is -4.20. The summed E-state index contributed by atoms with van der Waals surface area (Å²) in [5.41, 5.74) is -2.00. The van der Waals surface area contributed by atoms with E-state index in [9.17, 15) is 26.4 Å². The number of alkyl halides is 3. The molecule has 2 unspecified atom stereocenters. The lowest BCUT2D eigenvalue weighted by molar-refractivity contribution is -0.137. The molecule has 1 aromatic rings. The molecule has 134 valence electrons. The second-order valence-electron chi connectivity index (χ2n) is 6.32. The molecule has 0 spiro atoms. The van der Waals surface area contributed by atoms with Gasteiger partial charge in [-0.15, -0.1) is 0 Å². The quantitative estimate of drug-likeness (QED) is 0.893. The van der Waals surface area contributed by atoms with Gasteiger partial charge in [0.05, 0.1) is 16.0 Å². The van der Waals surface area contributed by atoms with Gasteiger partial charge in [0.25, 0.3) is 0 Å². The van der Waals surface area contributed by atoms with Crippen molar-refractivity contribution in [3.8, 4) is 0 Å². The third-order valence-corrected chi connectivity index (χ3v) is 5.76. The van der Waals surface area contributed by atoms with Gasteiger partial charge in [-0.2, -0.15) is 17.5 Å². The van der Waals surface area contributed by atoms with Crippen molar-refractivity contribution in [3.05, 3.63) is 29.3 Å². The van der Waals surface area contributed by atoms with Crippen molar-refractivity contribution >= 4 is 16.0 Å². The largest absolute Gasteiger partial charge is 0.478 e. The normalized spacial score (nSPS) is 23.2. The number of rotatable bonds is 3. The molecule has 1 heterocycles. The number of benzene rings is 1. The first-order chi connectivity index (χ1) is 10.9. The van der Waals surface area contributed by atoms with Crippen LogP contribution in [-0.2, 0) is 16.2 Å². The molecule has 0 radical (unpaired) electrons. The molecular weight excluding hydrogens is 347 g/mol. The highest BCUT2D eigenvalue weighted by Crippen LogP contribution is 2.33. The van der Waals surface area contributed by atoms with Crippen LogP contribution in [0.5, 0.6) is 0 Å². The Kier molecular flexibility index (Phi) is 4.96. The number of aromatic carboxylic acids is 1. The van der Waals surface area contributed by atoms with Crippen molar-refractivity contribution in [1.29, 1.82) is 0 Å². The molecule has 0 bridgehead atoms. The monoisotopic (exact) mass is 365 g/mol. The highest BCUT2D eigenvalue weighted by molar-refractivity contribution is 7.89. The Bertz CT molecular complexity index is 736. The van der Waals surface area contributed by atoms with E-state index in [-0.39, 0.29) is 24.9 Å². The van der Waals surface area contributed by atoms with Gasteiger partial charge in [0.2, 0.25) is 10.0 Å². The summed E-state index contributed by atoms with van der Waals surface area (Å²) in [5.74, 6) is -1.46. The highest BCUT2D eigenvalue weighted by atomic mass is 32.2. The average molecular weight is 365 g/mol. The number of halogens is 3. The first kappa shape index (κ1) is 18.7. The maximum atomic E-state index is 13.0. The molecule has 1 fully saturated rings. The molecule has 0 saturated carbocycles. The van der Waals surface area contributed by atoms with E-state index in [1.54, 1.807) is 0 Å². The molecule has 24 heavy (non-hydrogen) atoms. The van der Waals surface area contributed by atoms with Crippen LogP contribution >= 0.6 is 0 Å². The minimum atomic E-state index is -4.84. The second kappa shape index (κ2) is 6.36. The lowest BCUT2D eigenvalue weighted by atomic mass is 9.94. The summed E-state index contributed by atoms with van der Waals surface area (Å²) in [6, 6.07) is 1.70. The van der Waals surface area contributed by atoms with Crippen LogP contribution in [0.25, 0.3) is 0 Å². The van der Waals surface area contributed by atoms with Crippen LogP contribution in [0.4, 0.5) is 13.2 Å². The fraction of sp³-hybridized carbons (Fsp3) is 0.533. The average Bonchev–Trinajstić information content (AvgIpc) is 2.44. The van der Waals surface area contributed by atoms with E-state index in [1.807, 2.05) is 13.8 Å². The summed E-state index contributed by atoms with van der Waals surface area (Å²) in [5, 5.41) is 8.98. The van der Waals surface area contributed by atoms with Crippen molar-refractivity contribution in [2.75, 3.05) is 13.1 Å². The molecule has 5 nitrogen and oxygen atoms in total. The predicted octanol–water partition coefficient (Wildman–Crippen LogP) is 3.07. The Hall–Kier alpha value is -1.61. The van der Waals surface area contributed by atoms with Crippen LogP contribution in [0, 0.1) is 11.8 Å². The highest BCUT2D eigenvalue weighted by Gasteiger charge is 2.36. The number of piperidine rings is 1. The fourth-order valence-electron chi connectivity index (χ4n) is 2.99. The number of hydrogen-bond donors (Lipinski definition) is 1. The molecule has 2 rings (SSSR count). The molecule has 1 N–H and O–H groups in total. The topological polar surface area (TPSA) is 74.7 Å². The van der Waals surface area contributed by atoms with Crippen LogP contribution < -0.4 is 0 Å². The van der Waals surface area contributed by atoms with Gasteiger partial charge in [-0.05, 0) is 36.5 Å². The summed E-state index contributed by atoms with van der Waals surface area (Å²) in [4.78, 5) is 10.4. The van der Waals surface area contributed by atoms with Gasteiger partial charge in [-0.3, -0.25) is 0 Å². The molecule has 9 heteroatoms. The zero-order valence-corrected chi connectivity index (χ0v) is 14.0. The van der Waals surface area contributed by atoms with E-state index in [4.69, 9.17) is 5.11 Å². The molecule has 2 atom stereocenters. The van der Waals surface area contributed by atoms with Gasteiger partial charge in [0.1, 0.15) is 0 Å². The fourth-order valence-corrected chi connectivity index (χ4v) is 4.74. The maximum Gasteiger partial charge on any atom is 0.416 e. The lowest BCUT2D eigenvalue weighted by Crippen LogP contribution is -2.42. The SMILES string of the molecule is CC1CC(C)CN(S(=O)(=O)c2cc(C(=O)O)cc(C(F)(F)F)c2)C1. The zero-order chi connectivity index (χ0) is 18.3. The van der Waals surface area contributed by atoms with Gasteiger partial charge < -0.3 is 5.11 Å². The van der Waals surface area contributed by atoms with Gasteiger partial charge in [-0.25, -0.2) is 13.2 Å². The minimum absolute atomic E-state index is 0.0771. The van der Waals surface area contributed by atoms with Crippen LogP contribution in [0.15, 0.2) is 23.1 Å². The van der Waals surface area contributed by atoms with Crippen molar-refractivity contribution in [2.45, 2.75) is 31.3 Å². The molecule has 1 aromatic carbocycles. The number of carboxylic acid groups (broad SMARTS) is 1. The Balaban J connectivity index is 2.53. The molecular formula is C15H18F3NO4S. The zero-order valence-electron chi connectivity index (χ0n) is 13.2. The van der Waals surface area contributed by atoms with E-state index in [0.717, 1.165) is 16.8 Å². The van der Waals surface area contributed by atoms with E-state index in [1.165, 1.54) is 0 Å². The second-order valence-corrected chi connectivity index (χ2v) is 8.25. The summed E-state index contributed by atoms with van der Waals surface area (Å²) in [6.45, 7) is 4.14. The number of nitrogens with zero attached hydrogens (tertiary/aromatic N) is 1. The summed E-state index contributed by atoms with van der Waals surface area (Å²) < 4.78 is 65.4. The third-order valence-electron chi connectivity index (χ3n) is 3.95. The van der Waals surface area contributed by atoms with Crippen molar-refractivity contribution in [2.24, 2.45) is 11.8 Å². The Morgan fingerprint density at radius 2 is 1.71 bits per heavy atom. The third kappa shape index (κ3) is 3.89. The molecule has 0 amide bonds. The summed E-state index contributed by atoms with van der Waals surface area (Å²) in [6.07, 6.45) is -4.01. The van der Waals surface area contributed by atoms with Gasteiger partial charge in [0, 0.05) is 13.1 Å². The Labute approximate surface area is 138 Å². The van der Waals surface area contributed by atoms with Crippen LogP contribution in [0.3, 0.4) is 0 Å². The number of carbonyl (C=O) groups is 1. The molecule has 1 saturated heterocycles. The van der Waals surface area contributed by atoms with E-state index in [2.05, 4.69) is 0 Å². The van der Waals surface area contributed by atoms with E-state index in [0.29, 0.717) is 12.1 Å². The molecule has 1 aliphatic heterocycles. The molecule has 1 aliphatic rings. The number of sulfonamides is 1. The Morgan fingerprint density at radius 1 is 1.17 bits per heavy atom. The van der Waals surface area contributed by atoms with E-state index >= 15 is 0 Å². The van der Waals surface area contributed by atoms with Crippen molar-refractivity contribution < 1.29 is 31.5 Å². The molecule has 0 aliphatic carbocycles. The minimum Gasteiger partial charge on any atom is -0.478 e. The van der Waals surface area contributed by atoms with Crippen LogP contribution in [-0.4, -0.2) is 36.9 Å². The molecule has 0 aromatic heterocycles. The smallest absolute Gasteiger partial charge is 0.416 e. The maximum absolute atomic E-state index is 13.0. The predicted molar refractivity (Wildman–Crippen MR) is 80.1 cm³/mol. The number of hydrogen-bond acceptors (Lipinski definition) is 3. The van der Waals surface area contributed by atoms with Gasteiger partial charge in [-0.1, -0.05) is 13.8 Å². The van der Waals surface area contributed by atoms with Crippen molar-refractivity contribution in [1.82, 2.24) is 4.31 Å². The van der Waals surface area contributed by atoms with Gasteiger partial charge in [0.15, 0.2) is 0 Å². The van der Waals surface area contributed by atoms with Crippen LogP contribution in [0.2, 0.25) is 0 Å². The standard InChI is InChI=1S/C15H18F3NO4S/c1-9-3-10(2)8-19(7-9)24(22,23)13-5-11(14(20)21)4-12(6-13)15(16,17)18/h4-6,9-10H,3,7-8H2,1-2H3,(H,20,21). The van der Waals surface area contributed by atoms with Crippen LogP contribution in [0.1, 0.15) is 36.2 Å². The summed E-state index contributed by atoms with van der Waals surface area (Å²) >= 11 is 0. The first-order valence-electron chi connectivity index (χ1n) is 7.37.